The van der Waals surface area contributed by atoms with E-state index in [0.29, 0.717) is 11.6 Å². The molecule has 1 aromatic heterocycles. The van der Waals surface area contributed by atoms with E-state index in [4.69, 9.17) is 5.73 Å². The SMILES string of the molecule is CCn1nc(C(N)=O)c2c1CC1=CC1C2. The zero-order valence-corrected chi connectivity index (χ0v) is 8.66. The Morgan fingerprint density at radius 2 is 2.53 bits per heavy atom. The number of aromatic nitrogens is 2. The summed E-state index contributed by atoms with van der Waals surface area (Å²) >= 11 is 0. The first-order chi connectivity index (χ1) is 7.20. The smallest absolute Gasteiger partial charge is 0.269 e. The topological polar surface area (TPSA) is 60.9 Å². The molecule has 0 radical (unpaired) electrons. The Bertz CT molecular complexity index is 484. The van der Waals surface area contributed by atoms with Gasteiger partial charge in [0.1, 0.15) is 0 Å². The molecule has 1 atom stereocenters. The summed E-state index contributed by atoms with van der Waals surface area (Å²) in [5, 5.41) is 4.28. The number of nitrogens with two attached hydrogens (primary N) is 1. The lowest BCUT2D eigenvalue weighted by Crippen LogP contribution is -2.15. The van der Waals surface area contributed by atoms with Gasteiger partial charge in [0, 0.05) is 30.1 Å². The Kier molecular flexibility index (Phi) is 1.58. The maximum Gasteiger partial charge on any atom is 0.269 e. The van der Waals surface area contributed by atoms with Gasteiger partial charge in [-0.05, 0) is 13.3 Å². The number of amides is 1. The molecule has 1 unspecified atom stereocenters. The van der Waals surface area contributed by atoms with Gasteiger partial charge in [-0.1, -0.05) is 11.6 Å². The van der Waals surface area contributed by atoms with E-state index < -0.39 is 5.91 Å². The molecular formula is C11H13N3O. The van der Waals surface area contributed by atoms with Gasteiger partial charge >= 0.3 is 0 Å². The second kappa shape index (κ2) is 2.72. The molecule has 4 nitrogen and oxygen atoms in total. The number of hydrogen-bond donors (Lipinski definition) is 1. The molecule has 15 heavy (non-hydrogen) atoms. The Labute approximate surface area is 87.8 Å². The van der Waals surface area contributed by atoms with Crippen molar-refractivity contribution >= 4 is 5.91 Å². The van der Waals surface area contributed by atoms with Gasteiger partial charge in [-0.3, -0.25) is 9.48 Å². The molecular weight excluding hydrogens is 190 g/mol. The summed E-state index contributed by atoms with van der Waals surface area (Å²) < 4.78 is 1.91. The molecule has 1 heterocycles. The average Bonchev–Trinajstić information content (AvgIpc) is 2.86. The standard InChI is InChI=1S/C11H13N3O/c1-2-14-9-5-7-3-6(7)4-8(9)10(13-14)11(12)15/h3,6H,2,4-5H2,1H3,(H2,12,15). The highest BCUT2D eigenvalue weighted by Gasteiger charge is 2.35. The first-order valence-electron chi connectivity index (χ1n) is 5.29. The van der Waals surface area contributed by atoms with Gasteiger partial charge in [0.2, 0.25) is 0 Å². The fourth-order valence-corrected chi connectivity index (χ4v) is 2.41. The first-order valence-corrected chi connectivity index (χ1v) is 5.29. The van der Waals surface area contributed by atoms with Crippen molar-refractivity contribution in [2.45, 2.75) is 26.3 Å². The van der Waals surface area contributed by atoms with E-state index in [1.165, 1.54) is 11.3 Å². The van der Waals surface area contributed by atoms with Gasteiger partial charge in [-0.15, -0.1) is 0 Å². The molecule has 78 valence electrons. The van der Waals surface area contributed by atoms with Crippen molar-refractivity contribution in [2.75, 3.05) is 0 Å². The summed E-state index contributed by atoms with van der Waals surface area (Å²) in [6.45, 7) is 2.83. The van der Waals surface area contributed by atoms with Gasteiger partial charge in [-0.2, -0.15) is 5.10 Å². The number of hydrogen-bond acceptors (Lipinski definition) is 2. The van der Waals surface area contributed by atoms with Crippen LogP contribution in [0.4, 0.5) is 0 Å². The number of aryl methyl sites for hydroxylation is 1. The van der Waals surface area contributed by atoms with Gasteiger partial charge in [0.15, 0.2) is 5.69 Å². The van der Waals surface area contributed by atoms with Gasteiger partial charge in [-0.25, -0.2) is 0 Å². The van der Waals surface area contributed by atoms with E-state index >= 15 is 0 Å². The molecule has 1 amide bonds. The van der Waals surface area contributed by atoms with Crippen molar-refractivity contribution in [3.63, 3.8) is 0 Å². The third-order valence-electron chi connectivity index (χ3n) is 3.28. The quantitative estimate of drug-likeness (QED) is 0.718. The number of primary amides is 1. The minimum absolute atomic E-state index is 0.400. The van der Waals surface area contributed by atoms with Crippen LogP contribution in [0.3, 0.4) is 0 Å². The van der Waals surface area contributed by atoms with Crippen LogP contribution in [0.1, 0.15) is 28.7 Å². The monoisotopic (exact) mass is 203 g/mol. The zero-order valence-electron chi connectivity index (χ0n) is 8.66. The summed E-state index contributed by atoms with van der Waals surface area (Å²) in [4.78, 5) is 11.3. The van der Waals surface area contributed by atoms with Crippen LogP contribution >= 0.6 is 0 Å². The molecule has 0 saturated heterocycles. The zero-order chi connectivity index (χ0) is 10.6. The molecule has 3 rings (SSSR count). The second-order valence-electron chi connectivity index (χ2n) is 4.18. The first kappa shape index (κ1) is 8.71. The average molecular weight is 203 g/mol. The molecule has 2 aliphatic carbocycles. The van der Waals surface area contributed by atoms with Crippen molar-refractivity contribution in [3.8, 4) is 0 Å². The number of fused-ring (bicyclic) bond motifs is 2. The molecule has 0 saturated carbocycles. The van der Waals surface area contributed by atoms with Crippen LogP contribution in [0.5, 0.6) is 0 Å². The van der Waals surface area contributed by atoms with Gasteiger partial charge in [0.25, 0.3) is 5.91 Å². The van der Waals surface area contributed by atoms with E-state index in [0.717, 1.165) is 24.9 Å². The molecule has 1 aromatic rings. The Balaban J connectivity index is 2.13. The van der Waals surface area contributed by atoms with E-state index in [-0.39, 0.29) is 0 Å². The van der Waals surface area contributed by atoms with Crippen LogP contribution in [0.15, 0.2) is 11.6 Å². The lowest BCUT2D eigenvalue weighted by molar-refractivity contribution is 0.0994. The maximum atomic E-state index is 11.3. The van der Waals surface area contributed by atoms with E-state index in [9.17, 15) is 4.79 Å². The molecule has 2 aliphatic rings. The fourth-order valence-electron chi connectivity index (χ4n) is 2.41. The number of allylic oxidation sites excluding steroid dienone is 2. The predicted octanol–water partition coefficient (Wildman–Crippen LogP) is 0.657. The van der Waals surface area contributed by atoms with Crippen molar-refractivity contribution in [1.82, 2.24) is 9.78 Å². The fraction of sp³-hybridized carbons (Fsp3) is 0.455. The van der Waals surface area contributed by atoms with E-state index in [1.54, 1.807) is 0 Å². The highest BCUT2D eigenvalue weighted by molar-refractivity contribution is 5.92. The summed E-state index contributed by atoms with van der Waals surface area (Å²) in [6, 6.07) is 0. The highest BCUT2D eigenvalue weighted by Crippen LogP contribution is 2.41. The number of nitrogens with zero attached hydrogens (tertiary/aromatic N) is 2. The van der Waals surface area contributed by atoms with Crippen LogP contribution in [0.2, 0.25) is 0 Å². The molecule has 2 N–H and O–H groups in total. The molecule has 4 heteroatoms. The van der Waals surface area contributed by atoms with Gasteiger partial charge < -0.3 is 5.73 Å². The Morgan fingerprint density at radius 3 is 3.20 bits per heavy atom. The van der Waals surface area contributed by atoms with Gasteiger partial charge in [0.05, 0.1) is 0 Å². The minimum Gasteiger partial charge on any atom is -0.364 e. The predicted molar refractivity (Wildman–Crippen MR) is 55.4 cm³/mol. The largest absolute Gasteiger partial charge is 0.364 e. The van der Waals surface area contributed by atoms with Crippen molar-refractivity contribution in [1.29, 1.82) is 0 Å². The van der Waals surface area contributed by atoms with Crippen LogP contribution < -0.4 is 5.73 Å². The number of carbonyl (C=O) groups excluding carboxylic acids is 1. The number of carbonyl (C=O) groups is 1. The van der Waals surface area contributed by atoms with Crippen molar-refractivity contribution in [3.05, 3.63) is 28.6 Å². The Morgan fingerprint density at radius 1 is 1.73 bits per heavy atom. The van der Waals surface area contributed by atoms with Crippen LogP contribution in [0.25, 0.3) is 0 Å². The highest BCUT2D eigenvalue weighted by atomic mass is 16.1. The molecule has 0 spiro atoms. The van der Waals surface area contributed by atoms with E-state index in [2.05, 4.69) is 11.2 Å². The van der Waals surface area contributed by atoms with Crippen LogP contribution in [-0.2, 0) is 19.4 Å². The molecule has 0 aromatic carbocycles. The van der Waals surface area contributed by atoms with Crippen molar-refractivity contribution < 1.29 is 4.79 Å². The minimum atomic E-state index is -0.400. The number of rotatable bonds is 2. The Hall–Kier alpha value is -1.58. The normalized spacial score (nSPS) is 21.7. The summed E-state index contributed by atoms with van der Waals surface area (Å²) in [6.07, 6.45) is 4.14. The lowest BCUT2D eigenvalue weighted by atomic mass is 9.94. The second-order valence-corrected chi connectivity index (χ2v) is 4.18. The van der Waals surface area contributed by atoms with Crippen LogP contribution in [0, 0.1) is 5.92 Å². The van der Waals surface area contributed by atoms with E-state index in [1.807, 2.05) is 11.6 Å². The summed E-state index contributed by atoms with van der Waals surface area (Å²) in [5.74, 6) is 0.188. The third-order valence-corrected chi connectivity index (χ3v) is 3.28. The maximum absolute atomic E-state index is 11.3. The molecule has 0 aliphatic heterocycles. The summed E-state index contributed by atoms with van der Waals surface area (Å²) in [7, 11) is 0. The molecule has 0 fully saturated rings. The third kappa shape index (κ3) is 1.14. The summed E-state index contributed by atoms with van der Waals surface area (Å²) in [5.41, 5.74) is 9.57. The van der Waals surface area contributed by atoms with Crippen molar-refractivity contribution in [2.24, 2.45) is 11.7 Å². The molecule has 0 bridgehead atoms. The lowest BCUT2D eigenvalue weighted by Gasteiger charge is -2.12. The van der Waals surface area contributed by atoms with Crippen LogP contribution in [-0.4, -0.2) is 15.7 Å².